The number of hydrazone groups is 1. The largest absolute Gasteiger partial charge is 0.357 e. The number of benzene rings is 1. The van der Waals surface area contributed by atoms with Gasteiger partial charge in [-0.25, -0.2) is 4.68 Å². The second kappa shape index (κ2) is 6.49. The summed E-state index contributed by atoms with van der Waals surface area (Å²) in [6, 6.07) is 11.8. The SMILES string of the molecule is CC(C)(C)NC(=S)N/N=C\c1ccn(-c2ccccc2)n1. The Morgan fingerprint density at radius 1 is 1.24 bits per heavy atom. The molecule has 1 aromatic carbocycles. The first-order chi connectivity index (χ1) is 9.94. The van der Waals surface area contributed by atoms with Crippen LogP contribution in [0.15, 0.2) is 47.7 Å². The van der Waals surface area contributed by atoms with Gasteiger partial charge in [-0.2, -0.15) is 10.2 Å². The normalized spacial score (nSPS) is 11.6. The van der Waals surface area contributed by atoms with Gasteiger partial charge in [0.25, 0.3) is 0 Å². The van der Waals surface area contributed by atoms with Crippen molar-refractivity contribution in [3.63, 3.8) is 0 Å². The van der Waals surface area contributed by atoms with Crippen LogP contribution in [-0.2, 0) is 0 Å². The van der Waals surface area contributed by atoms with Gasteiger partial charge in [0.15, 0.2) is 5.11 Å². The van der Waals surface area contributed by atoms with E-state index in [4.69, 9.17) is 12.2 Å². The number of hydrogen-bond donors (Lipinski definition) is 2. The number of nitrogens with zero attached hydrogens (tertiary/aromatic N) is 3. The highest BCUT2D eigenvalue weighted by atomic mass is 32.1. The van der Waals surface area contributed by atoms with Crippen molar-refractivity contribution in [2.24, 2.45) is 5.10 Å². The standard InChI is InChI=1S/C15H19N5S/c1-15(2,3)17-14(21)18-16-11-12-9-10-20(19-12)13-7-5-4-6-8-13/h4-11H,1-3H3,(H2,17,18,21)/b16-11-. The minimum absolute atomic E-state index is 0.0888. The van der Waals surface area contributed by atoms with Crippen LogP contribution in [0.2, 0.25) is 0 Å². The molecule has 2 rings (SSSR count). The topological polar surface area (TPSA) is 54.2 Å². The molecule has 5 nitrogen and oxygen atoms in total. The third-order valence-corrected chi connectivity index (χ3v) is 2.68. The predicted octanol–water partition coefficient (Wildman–Crippen LogP) is 2.47. The van der Waals surface area contributed by atoms with E-state index in [9.17, 15) is 0 Å². The summed E-state index contributed by atoms with van der Waals surface area (Å²) in [4.78, 5) is 0. The summed E-state index contributed by atoms with van der Waals surface area (Å²) in [5.74, 6) is 0. The Morgan fingerprint density at radius 3 is 2.62 bits per heavy atom. The molecule has 0 aliphatic heterocycles. The highest BCUT2D eigenvalue weighted by Crippen LogP contribution is 2.05. The number of thiocarbonyl (C=S) groups is 1. The number of aromatic nitrogens is 2. The zero-order valence-corrected chi connectivity index (χ0v) is 13.2. The minimum atomic E-state index is -0.0888. The Balaban J connectivity index is 1.94. The molecule has 6 heteroatoms. The van der Waals surface area contributed by atoms with E-state index >= 15 is 0 Å². The van der Waals surface area contributed by atoms with E-state index in [1.165, 1.54) is 0 Å². The highest BCUT2D eigenvalue weighted by molar-refractivity contribution is 7.80. The summed E-state index contributed by atoms with van der Waals surface area (Å²) < 4.78 is 1.80. The number of para-hydroxylation sites is 1. The van der Waals surface area contributed by atoms with Gasteiger partial charge >= 0.3 is 0 Å². The Morgan fingerprint density at radius 2 is 1.95 bits per heavy atom. The molecular formula is C15H19N5S. The van der Waals surface area contributed by atoms with Crippen molar-refractivity contribution in [3.05, 3.63) is 48.3 Å². The Bertz CT molecular complexity index is 625. The average molecular weight is 301 g/mol. The van der Waals surface area contributed by atoms with Crippen molar-refractivity contribution in [2.75, 3.05) is 0 Å². The van der Waals surface area contributed by atoms with Crippen LogP contribution >= 0.6 is 12.2 Å². The molecule has 2 aromatic rings. The summed E-state index contributed by atoms with van der Waals surface area (Å²) in [5.41, 5.74) is 4.45. The molecule has 0 saturated carbocycles. The maximum atomic E-state index is 5.14. The Kier molecular flexibility index (Phi) is 4.70. The fourth-order valence-electron chi connectivity index (χ4n) is 1.66. The molecule has 0 unspecified atom stereocenters. The van der Waals surface area contributed by atoms with Crippen LogP contribution in [0.4, 0.5) is 0 Å². The first kappa shape index (κ1) is 15.2. The first-order valence-electron chi connectivity index (χ1n) is 6.66. The van der Waals surface area contributed by atoms with Crippen molar-refractivity contribution >= 4 is 23.5 Å². The average Bonchev–Trinajstić information content (AvgIpc) is 2.86. The van der Waals surface area contributed by atoms with Crippen molar-refractivity contribution < 1.29 is 0 Å². The van der Waals surface area contributed by atoms with E-state index < -0.39 is 0 Å². The summed E-state index contributed by atoms with van der Waals surface area (Å²) in [5, 5.41) is 12.1. The lowest BCUT2D eigenvalue weighted by atomic mass is 10.1. The minimum Gasteiger partial charge on any atom is -0.357 e. The molecule has 0 radical (unpaired) electrons. The monoisotopic (exact) mass is 301 g/mol. The van der Waals surface area contributed by atoms with Gasteiger partial charge in [-0.1, -0.05) is 18.2 Å². The molecule has 110 valence electrons. The van der Waals surface area contributed by atoms with E-state index in [2.05, 4.69) is 20.9 Å². The highest BCUT2D eigenvalue weighted by Gasteiger charge is 2.09. The Labute approximate surface area is 130 Å². The van der Waals surface area contributed by atoms with E-state index in [0.717, 1.165) is 11.4 Å². The molecule has 0 aliphatic carbocycles. The van der Waals surface area contributed by atoms with Gasteiger partial charge in [0.2, 0.25) is 0 Å². The van der Waals surface area contributed by atoms with Crippen molar-refractivity contribution in [1.82, 2.24) is 20.5 Å². The van der Waals surface area contributed by atoms with Gasteiger partial charge in [-0.05, 0) is 51.2 Å². The molecule has 0 spiro atoms. The van der Waals surface area contributed by atoms with Crippen LogP contribution < -0.4 is 10.7 Å². The van der Waals surface area contributed by atoms with E-state index in [1.807, 2.05) is 63.4 Å². The van der Waals surface area contributed by atoms with Gasteiger partial charge in [0.05, 0.1) is 11.9 Å². The van der Waals surface area contributed by atoms with Gasteiger partial charge in [-0.3, -0.25) is 5.43 Å². The van der Waals surface area contributed by atoms with Crippen LogP contribution in [0, 0.1) is 0 Å². The zero-order chi connectivity index (χ0) is 15.3. The molecule has 1 aromatic heterocycles. The van der Waals surface area contributed by atoms with Gasteiger partial charge in [0, 0.05) is 11.7 Å². The summed E-state index contributed by atoms with van der Waals surface area (Å²) >= 11 is 5.14. The molecule has 2 N–H and O–H groups in total. The molecule has 21 heavy (non-hydrogen) atoms. The third kappa shape index (κ3) is 5.00. The van der Waals surface area contributed by atoms with Gasteiger partial charge in [0.1, 0.15) is 5.69 Å². The van der Waals surface area contributed by atoms with Crippen molar-refractivity contribution in [2.45, 2.75) is 26.3 Å². The predicted molar refractivity (Wildman–Crippen MR) is 89.8 cm³/mol. The molecule has 0 fully saturated rings. The quantitative estimate of drug-likeness (QED) is 0.519. The van der Waals surface area contributed by atoms with Crippen molar-refractivity contribution in [1.29, 1.82) is 0 Å². The molecule has 0 aliphatic rings. The fourth-order valence-corrected chi connectivity index (χ4v) is 2.02. The lowest BCUT2D eigenvalue weighted by molar-refractivity contribution is 0.508. The second-order valence-electron chi connectivity index (χ2n) is 5.59. The van der Waals surface area contributed by atoms with Crippen LogP contribution in [0.1, 0.15) is 26.5 Å². The summed E-state index contributed by atoms with van der Waals surface area (Å²) in [7, 11) is 0. The van der Waals surface area contributed by atoms with Crippen molar-refractivity contribution in [3.8, 4) is 5.69 Å². The zero-order valence-electron chi connectivity index (χ0n) is 12.4. The van der Waals surface area contributed by atoms with E-state index in [-0.39, 0.29) is 5.54 Å². The van der Waals surface area contributed by atoms with E-state index in [1.54, 1.807) is 10.9 Å². The van der Waals surface area contributed by atoms with Crippen LogP contribution in [0.3, 0.4) is 0 Å². The number of hydrogen-bond acceptors (Lipinski definition) is 3. The molecule has 1 heterocycles. The van der Waals surface area contributed by atoms with Gasteiger partial charge < -0.3 is 5.32 Å². The molecular weight excluding hydrogens is 282 g/mol. The summed E-state index contributed by atoms with van der Waals surface area (Å²) in [6.45, 7) is 6.10. The van der Waals surface area contributed by atoms with E-state index in [0.29, 0.717) is 5.11 Å². The van der Waals surface area contributed by atoms with Crippen LogP contribution in [-0.4, -0.2) is 26.6 Å². The van der Waals surface area contributed by atoms with Gasteiger partial charge in [-0.15, -0.1) is 0 Å². The maximum Gasteiger partial charge on any atom is 0.187 e. The summed E-state index contributed by atoms with van der Waals surface area (Å²) in [6.07, 6.45) is 3.53. The third-order valence-electron chi connectivity index (χ3n) is 2.48. The molecule has 0 bridgehead atoms. The molecule has 0 saturated heterocycles. The lowest BCUT2D eigenvalue weighted by Crippen LogP contribution is -2.44. The fraction of sp³-hybridized carbons (Fsp3) is 0.267. The van der Waals surface area contributed by atoms with Crippen LogP contribution in [0.25, 0.3) is 5.69 Å². The number of nitrogens with one attached hydrogen (secondary N) is 2. The second-order valence-corrected chi connectivity index (χ2v) is 6.00. The Hall–Kier alpha value is -2.21. The smallest absolute Gasteiger partial charge is 0.187 e. The molecule has 0 atom stereocenters. The molecule has 0 amide bonds. The first-order valence-corrected chi connectivity index (χ1v) is 7.07. The maximum absolute atomic E-state index is 5.14. The van der Waals surface area contributed by atoms with Crippen LogP contribution in [0.5, 0.6) is 0 Å². The number of rotatable bonds is 3. The lowest BCUT2D eigenvalue weighted by Gasteiger charge is -2.21.